The number of oxazole rings is 1. The second-order valence-corrected chi connectivity index (χ2v) is 9.11. The average molecular weight is 512 g/mol. The molecule has 0 saturated carbocycles. The van der Waals surface area contributed by atoms with E-state index < -0.39 is 0 Å². The van der Waals surface area contributed by atoms with Crippen molar-refractivity contribution in [1.29, 1.82) is 0 Å². The van der Waals surface area contributed by atoms with Gasteiger partial charge in [0.25, 0.3) is 6.01 Å². The molecule has 0 spiro atoms. The quantitative estimate of drug-likeness (QED) is 0.226. The summed E-state index contributed by atoms with van der Waals surface area (Å²) in [7, 11) is 0. The maximum Gasteiger partial charge on any atom is 0.300 e. The monoisotopic (exact) mass is 511 g/mol. The van der Waals surface area contributed by atoms with Gasteiger partial charge < -0.3 is 24.2 Å². The van der Waals surface area contributed by atoms with Gasteiger partial charge in [-0.25, -0.2) is 9.97 Å². The smallest absolute Gasteiger partial charge is 0.300 e. The van der Waals surface area contributed by atoms with Crippen molar-refractivity contribution in [2.45, 2.75) is 20.0 Å². The standard InChI is InChI=1S/C28H22ClN5O3/c1-16(2)35-24-6-4-3-5-20(24)22-14-21-26(33-22)30-15-31-27(21)36-19-11-12-25-23(13-19)34-28(37-25)32-18-9-7-17(29)8-10-18/h3-16H,1-2H3,(H,32,34)(H,30,31,33). The fraction of sp³-hybridized carbons (Fsp3) is 0.107. The Labute approximate surface area is 217 Å². The largest absolute Gasteiger partial charge is 0.490 e. The summed E-state index contributed by atoms with van der Waals surface area (Å²) >= 11 is 5.96. The Morgan fingerprint density at radius 1 is 0.973 bits per heavy atom. The van der Waals surface area contributed by atoms with Crippen molar-refractivity contribution in [3.63, 3.8) is 0 Å². The molecular formula is C28H22ClN5O3. The number of hydrogen-bond acceptors (Lipinski definition) is 7. The molecule has 37 heavy (non-hydrogen) atoms. The number of aromatic amines is 1. The number of hydrogen-bond donors (Lipinski definition) is 2. The number of nitrogens with one attached hydrogen (secondary N) is 2. The first-order valence-electron chi connectivity index (χ1n) is 11.7. The van der Waals surface area contributed by atoms with E-state index in [0.29, 0.717) is 39.4 Å². The van der Waals surface area contributed by atoms with Crippen LogP contribution >= 0.6 is 11.6 Å². The first kappa shape index (κ1) is 22.9. The summed E-state index contributed by atoms with van der Waals surface area (Å²) in [4.78, 5) is 16.6. The highest BCUT2D eigenvalue weighted by molar-refractivity contribution is 6.30. The highest BCUT2D eigenvalue weighted by Gasteiger charge is 2.15. The number of ether oxygens (including phenoxy) is 2. The van der Waals surface area contributed by atoms with Crippen LogP contribution in [0.15, 0.2) is 83.5 Å². The van der Waals surface area contributed by atoms with Crippen LogP contribution in [0.2, 0.25) is 5.02 Å². The SMILES string of the molecule is CC(C)Oc1ccccc1-c1cc2c(Oc3ccc4oc(Nc5ccc(Cl)cc5)nc4c3)ncnc2[nH]1. The molecule has 0 unspecified atom stereocenters. The minimum atomic E-state index is 0.0533. The fourth-order valence-electron chi connectivity index (χ4n) is 3.98. The van der Waals surface area contributed by atoms with Gasteiger partial charge in [0.05, 0.1) is 17.2 Å². The average Bonchev–Trinajstić information content (AvgIpc) is 3.49. The third-order valence-corrected chi connectivity index (χ3v) is 5.85. The lowest BCUT2D eigenvalue weighted by Gasteiger charge is -2.13. The number of halogens is 1. The predicted octanol–water partition coefficient (Wildman–Crippen LogP) is 7.74. The second kappa shape index (κ2) is 9.48. The predicted molar refractivity (Wildman–Crippen MR) is 144 cm³/mol. The summed E-state index contributed by atoms with van der Waals surface area (Å²) in [5, 5.41) is 4.55. The lowest BCUT2D eigenvalue weighted by Crippen LogP contribution is -2.06. The van der Waals surface area contributed by atoms with Crippen LogP contribution in [0.3, 0.4) is 0 Å². The Bertz CT molecular complexity index is 1710. The normalized spacial score (nSPS) is 11.4. The minimum Gasteiger partial charge on any atom is -0.490 e. The maximum absolute atomic E-state index is 6.17. The van der Waals surface area contributed by atoms with Crippen molar-refractivity contribution in [2.24, 2.45) is 0 Å². The highest BCUT2D eigenvalue weighted by Crippen LogP contribution is 2.35. The number of anilines is 2. The molecule has 184 valence electrons. The number of benzene rings is 3. The van der Waals surface area contributed by atoms with Crippen LogP contribution in [0.25, 0.3) is 33.4 Å². The fourth-order valence-corrected chi connectivity index (χ4v) is 4.11. The van der Waals surface area contributed by atoms with E-state index in [0.717, 1.165) is 28.1 Å². The van der Waals surface area contributed by atoms with Gasteiger partial charge in [-0.15, -0.1) is 0 Å². The van der Waals surface area contributed by atoms with Crippen molar-refractivity contribution >= 4 is 45.4 Å². The lowest BCUT2D eigenvalue weighted by atomic mass is 10.1. The zero-order valence-electron chi connectivity index (χ0n) is 20.0. The Morgan fingerprint density at radius 2 is 1.81 bits per heavy atom. The topological polar surface area (TPSA) is 98.1 Å². The third kappa shape index (κ3) is 4.79. The molecule has 0 atom stereocenters. The van der Waals surface area contributed by atoms with Gasteiger partial charge in [-0.05, 0) is 68.4 Å². The van der Waals surface area contributed by atoms with Gasteiger partial charge in [-0.1, -0.05) is 23.7 Å². The van der Waals surface area contributed by atoms with Crippen molar-refractivity contribution in [2.75, 3.05) is 5.32 Å². The van der Waals surface area contributed by atoms with Crippen LogP contribution in [0.5, 0.6) is 17.4 Å². The molecule has 3 aromatic carbocycles. The molecule has 2 N–H and O–H groups in total. The van der Waals surface area contributed by atoms with Gasteiger partial charge in [-0.3, -0.25) is 0 Å². The van der Waals surface area contributed by atoms with Crippen LogP contribution in [0.1, 0.15) is 13.8 Å². The van der Waals surface area contributed by atoms with Gasteiger partial charge in [0.2, 0.25) is 5.88 Å². The molecule has 0 aliphatic rings. The molecule has 8 nitrogen and oxygen atoms in total. The maximum atomic E-state index is 6.17. The van der Waals surface area contributed by atoms with E-state index in [9.17, 15) is 0 Å². The minimum absolute atomic E-state index is 0.0533. The second-order valence-electron chi connectivity index (χ2n) is 8.67. The number of fused-ring (bicyclic) bond motifs is 2. The first-order valence-corrected chi connectivity index (χ1v) is 12.1. The van der Waals surface area contributed by atoms with Gasteiger partial charge in [-0.2, -0.15) is 4.98 Å². The van der Waals surface area contributed by atoms with Crippen LogP contribution < -0.4 is 14.8 Å². The zero-order valence-corrected chi connectivity index (χ0v) is 20.8. The lowest BCUT2D eigenvalue weighted by molar-refractivity contribution is 0.243. The molecular weight excluding hydrogens is 490 g/mol. The van der Waals surface area contributed by atoms with Crippen LogP contribution in [-0.4, -0.2) is 26.0 Å². The third-order valence-electron chi connectivity index (χ3n) is 5.60. The molecule has 0 radical (unpaired) electrons. The Morgan fingerprint density at radius 3 is 2.65 bits per heavy atom. The number of aromatic nitrogens is 4. The number of H-pyrrole nitrogens is 1. The number of nitrogens with zero attached hydrogens (tertiary/aromatic N) is 3. The van der Waals surface area contributed by atoms with Crippen molar-refractivity contribution < 1.29 is 13.9 Å². The summed E-state index contributed by atoms with van der Waals surface area (Å²) in [6.07, 6.45) is 1.52. The molecule has 9 heteroatoms. The Kier molecular flexibility index (Phi) is 5.86. The van der Waals surface area contributed by atoms with E-state index in [1.807, 2.05) is 68.4 Å². The molecule has 0 amide bonds. The molecule has 0 fully saturated rings. The molecule has 0 saturated heterocycles. The summed E-state index contributed by atoms with van der Waals surface area (Å²) in [5.41, 5.74) is 4.55. The summed E-state index contributed by atoms with van der Waals surface area (Å²) in [6, 6.07) is 22.9. The van der Waals surface area contributed by atoms with E-state index in [-0.39, 0.29) is 6.10 Å². The van der Waals surface area contributed by atoms with E-state index in [1.165, 1.54) is 6.33 Å². The van der Waals surface area contributed by atoms with E-state index in [2.05, 4.69) is 25.3 Å². The summed E-state index contributed by atoms with van der Waals surface area (Å²) < 4.78 is 18.0. The van der Waals surface area contributed by atoms with E-state index in [4.69, 9.17) is 25.5 Å². The zero-order chi connectivity index (χ0) is 25.4. The van der Waals surface area contributed by atoms with Crippen LogP contribution in [-0.2, 0) is 0 Å². The van der Waals surface area contributed by atoms with E-state index in [1.54, 1.807) is 18.2 Å². The van der Waals surface area contributed by atoms with Crippen LogP contribution in [0, 0.1) is 0 Å². The van der Waals surface area contributed by atoms with Crippen molar-refractivity contribution in [1.82, 2.24) is 19.9 Å². The highest BCUT2D eigenvalue weighted by atomic mass is 35.5. The first-order chi connectivity index (χ1) is 18.0. The van der Waals surface area contributed by atoms with Gasteiger partial charge >= 0.3 is 0 Å². The van der Waals surface area contributed by atoms with Crippen molar-refractivity contribution in [3.05, 3.63) is 84.1 Å². The number of rotatable bonds is 7. The molecule has 3 aromatic heterocycles. The molecule has 6 rings (SSSR count). The Balaban J connectivity index is 1.29. The summed E-state index contributed by atoms with van der Waals surface area (Å²) in [5.74, 6) is 1.79. The Hall–Kier alpha value is -4.56. The molecule has 3 heterocycles. The van der Waals surface area contributed by atoms with E-state index >= 15 is 0 Å². The molecule has 6 aromatic rings. The molecule has 0 aliphatic heterocycles. The molecule has 0 bridgehead atoms. The molecule has 0 aliphatic carbocycles. The van der Waals surface area contributed by atoms with Gasteiger partial charge in [0.1, 0.15) is 29.0 Å². The number of para-hydroxylation sites is 1. The van der Waals surface area contributed by atoms with Gasteiger partial charge in [0.15, 0.2) is 5.58 Å². The van der Waals surface area contributed by atoms with Gasteiger partial charge in [0, 0.05) is 22.3 Å². The van der Waals surface area contributed by atoms with Crippen molar-refractivity contribution in [3.8, 4) is 28.6 Å². The summed E-state index contributed by atoms with van der Waals surface area (Å²) in [6.45, 7) is 4.00. The van der Waals surface area contributed by atoms with Crippen LogP contribution in [0.4, 0.5) is 11.7 Å².